The Hall–Kier alpha value is -1.73. The maximum atomic E-state index is 11.8. The Morgan fingerprint density at radius 2 is 2.00 bits per heavy atom. The van der Waals surface area contributed by atoms with Crippen molar-refractivity contribution < 1.29 is 9.53 Å². The number of nitrogens with zero attached hydrogens (tertiary/aromatic N) is 4. The molecular weight excluding hydrogens is 312 g/mol. The second-order valence-electron chi connectivity index (χ2n) is 6.47. The number of thiophene rings is 1. The molecule has 0 radical (unpaired) electrons. The molecule has 4 rings (SSSR count). The van der Waals surface area contributed by atoms with Gasteiger partial charge in [-0.15, -0.1) is 11.3 Å². The summed E-state index contributed by atoms with van der Waals surface area (Å²) in [6, 6.07) is 1.93. The van der Waals surface area contributed by atoms with E-state index in [1.165, 1.54) is 20.0 Å². The van der Waals surface area contributed by atoms with Crippen molar-refractivity contribution in [3.63, 3.8) is 0 Å². The molecule has 2 aromatic rings. The molecule has 0 bridgehead atoms. The van der Waals surface area contributed by atoms with E-state index in [0.29, 0.717) is 5.54 Å². The van der Waals surface area contributed by atoms with E-state index in [1.54, 1.807) is 11.3 Å². The third-order valence-electron chi connectivity index (χ3n) is 4.97. The van der Waals surface area contributed by atoms with E-state index >= 15 is 0 Å². The second-order valence-corrected chi connectivity index (χ2v) is 7.38. The zero-order valence-corrected chi connectivity index (χ0v) is 14.2. The van der Waals surface area contributed by atoms with Gasteiger partial charge in [0.05, 0.1) is 17.3 Å². The number of methoxy groups -OCH3 is 1. The highest BCUT2D eigenvalue weighted by Crippen LogP contribution is 2.41. The Bertz CT molecular complexity index is 748. The molecule has 1 saturated heterocycles. The molecule has 0 atom stereocenters. The molecule has 0 spiro atoms. The number of carbonyl (C=O) groups is 1. The Balaban J connectivity index is 1.63. The minimum atomic E-state index is -0.483. The van der Waals surface area contributed by atoms with Gasteiger partial charge in [-0.25, -0.2) is 14.8 Å². The van der Waals surface area contributed by atoms with Gasteiger partial charge in [0.25, 0.3) is 0 Å². The standard InChI is InChI=1S/C16H20N4O2S/c1-16(4-5-16)20-8-6-19(7-9-20)14-12-11(3-10-23-12)17-13(18-14)15(21)22-2/h3,10H,4-9H2,1-2H3. The summed E-state index contributed by atoms with van der Waals surface area (Å²) in [4.78, 5) is 25.5. The van der Waals surface area contributed by atoms with Gasteiger partial charge in [0.2, 0.25) is 5.82 Å². The number of hydrogen-bond donors (Lipinski definition) is 0. The predicted octanol–water partition coefficient (Wildman–Crippen LogP) is 2.15. The average Bonchev–Trinajstić information content (AvgIpc) is 3.16. The highest BCUT2D eigenvalue weighted by molar-refractivity contribution is 7.17. The number of anilines is 1. The lowest BCUT2D eigenvalue weighted by Gasteiger charge is -2.39. The third-order valence-corrected chi connectivity index (χ3v) is 5.87. The number of rotatable bonds is 3. The Kier molecular flexibility index (Phi) is 3.50. The van der Waals surface area contributed by atoms with Gasteiger partial charge in [-0.3, -0.25) is 4.90 Å². The molecule has 1 aliphatic carbocycles. The van der Waals surface area contributed by atoms with Crippen LogP contribution in [0.1, 0.15) is 30.4 Å². The molecule has 1 saturated carbocycles. The number of aromatic nitrogens is 2. The van der Waals surface area contributed by atoms with Gasteiger partial charge in [-0.05, 0) is 31.2 Å². The van der Waals surface area contributed by atoms with Crippen molar-refractivity contribution in [3.05, 3.63) is 17.3 Å². The second kappa shape index (κ2) is 5.42. The van der Waals surface area contributed by atoms with E-state index in [2.05, 4.69) is 26.7 Å². The molecule has 2 aromatic heterocycles. The first-order valence-corrected chi connectivity index (χ1v) is 8.82. The van der Waals surface area contributed by atoms with Gasteiger partial charge in [-0.1, -0.05) is 0 Å². The van der Waals surface area contributed by atoms with E-state index in [4.69, 9.17) is 4.74 Å². The molecule has 0 aromatic carbocycles. The SMILES string of the molecule is COC(=O)c1nc(N2CCN(C3(C)CC3)CC2)c2sccc2n1. The maximum absolute atomic E-state index is 11.8. The molecule has 0 N–H and O–H groups in total. The van der Waals surface area contributed by atoms with E-state index in [9.17, 15) is 4.79 Å². The van der Waals surface area contributed by atoms with Crippen LogP contribution in [-0.4, -0.2) is 59.7 Å². The zero-order chi connectivity index (χ0) is 16.0. The quantitative estimate of drug-likeness (QED) is 0.803. The lowest BCUT2D eigenvalue weighted by molar-refractivity contribution is 0.0587. The van der Waals surface area contributed by atoms with Crippen LogP contribution in [-0.2, 0) is 4.74 Å². The summed E-state index contributed by atoms with van der Waals surface area (Å²) in [7, 11) is 1.36. The topological polar surface area (TPSA) is 58.6 Å². The fourth-order valence-electron chi connectivity index (χ4n) is 3.20. The molecule has 23 heavy (non-hydrogen) atoms. The number of carbonyl (C=O) groups excluding carboxylic acids is 1. The summed E-state index contributed by atoms with van der Waals surface area (Å²) >= 11 is 1.62. The highest BCUT2D eigenvalue weighted by atomic mass is 32.1. The van der Waals surface area contributed by atoms with Crippen molar-refractivity contribution in [2.75, 3.05) is 38.2 Å². The summed E-state index contributed by atoms with van der Waals surface area (Å²) in [6.07, 6.45) is 2.62. The number of ether oxygens (including phenoxy) is 1. The van der Waals surface area contributed by atoms with Crippen LogP contribution in [0.5, 0.6) is 0 Å². The van der Waals surface area contributed by atoms with Crippen LogP contribution < -0.4 is 4.90 Å². The van der Waals surface area contributed by atoms with Crippen molar-refractivity contribution in [2.24, 2.45) is 0 Å². The van der Waals surface area contributed by atoms with Gasteiger partial charge in [0, 0.05) is 31.7 Å². The van der Waals surface area contributed by atoms with Crippen LogP contribution in [0.4, 0.5) is 5.82 Å². The van der Waals surface area contributed by atoms with Crippen LogP contribution in [0, 0.1) is 0 Å². The summed E-state index contributed by atoms with van der Waals surface area (Å²) in [6.45, 7) is 6.29. The molecule has 3 heterocycles. The number of fused-ring (bicyclic) bond motifs is 1. The lowest BCUT2D eigenvalue weighted by atomic mass is 10.2. The van der Waals surface area contributed by atoms with Gasteiger partial charge in [0.15, 0.2) is 5.82 Å². The number of esters is 1. The summed E-state index contributed by atoms with van der Waals surface area (Å²) < 4.78 is 5.83. The van der Waals surface area contributed by atoms with E-state index in [0.717, 1.165) is 42.2 Å². The van der Waals surface area contributed by atoms with Crippen molar-refractivity contribution in [1.29, 1.82) is 0 Å². The molecule has 7 heteroatoms. The Morgan fingerprint density at radius 1 is 1.26 bits per heavy atom. The number of hydrogen-bond acceptors (Lipinski definition) is 7. The van der Waals surface area contributed by atoms with Gasteiger partial charge in [-0.2, -0.15) is 0 Å². The van der Waals surface area contributed by atoms with Crippen LogP contribution in [0.2, 0.25) is 0 Å². The fourth-order valence-corrected chi connectivity index (χ4v) is 4.05. The highest BCUT2D eigenvalue weighted by Gasteiger charge is 2.44. The fraction of sp³-hybridized carbons (Fsp3) is 0.562. The minimum absolute atomic E-state index is 0.144. The first-order valence-electron chi connectivity index (χ1n) is 7.94. The molecule has 6 nitrogen and oxygen atoms in total. The largest absolute Gasteiger partial charge is 0.463 e. The van der Waals surface area contributed by atoms with Crippen LogP contribution in [0.15, 0.2) is 11.4 Å². The van der Waals surface area contributed by atoms with Crippen molar-refractivity contribution >= 4 is 33.3 Å². The van der Waals surface area contributed by atoms with Crippen molar-refractivity contribution in [2.45, 2.75) is 25.3 Å². The van der Waals surface area contributed by atoms with Crippen molar-refractivity contribution in [1.82, 2.24) is 14.9 Å². The van der Waals surface area contributed by atoms with Gasteiger partial charge >= 0.3 is 5.97 Å². The molecule has 2 aliphatic rings. The van der Waals surface area contributed by atoms with Crippen LogP contribution in [0.25, 0.3) is 10.2 Å². The van der Waals surface area contributed by atoms with Crippen LogP contribution in [0.3, 0.4) is 0 Å². The number of piperazine rings is 1. The van der Waals surface area contributed by atoms with E-state index in [1.807, 2.05) is 11.4 Å². The van der Waals surface area contributed by atoms with Gasteiger partial charge in [0.1, 0.15) is 0 Å². The summed E-state index contributed by atoms with van der Waals surface area (Å²) in [5.41, 5.74) is 1.24. The Morgan fingerprint density at radius 3 is 2.65 bits per heavy atom. The molecule has 1 aliphatic heterocycles. The van der Waals surface area contributed by atoms with E-state index < -0.39 is 5.97 Å². The molecule has 0 unspecified atom stereocenters. The molecule has 0 amide bonds. The Labute approximate surface area is 139 Å². The zero-order valence-electron chi connectivity index (χ0n) is 13.4. The first kappa shape index (κ1) is 14.8. The predicted molar refractivity (Wildman–Crippen MR) is 90.2 cm³/mol. The first-order chi connectivity index (χ1) is 11.1. The molecular formula is C16H20N4O2S. The monoisotopic (exact) mass is 332 g/mol. The maximum Gasteiger partial charge on any atom is 0.376 e. The minimum Gasteiger partial charge on any atom is -0.463 e. The molecule has 122 valence electrons. The molecule has 2 fully saturated rings. The average molecular weight is 332 g/mol. The smallest absolute Gasteiger partial charge is 0.376 e. The summed E-state index contributed by atoms with van der Waals surface area (Å²) in [5.74, 6) is 0.527. The van der Waals surface area contributed by atoms with Crippen LogP contribution >= 0.6 is 11.3 Å². The van der Waals surface area contributed by atoms with Crippen molar-refractivity contribution in [3.8, 4) is 0 Å². The van der Waals surface area contributed by atoms with E-state index in [-0.39, 0.29) is 5.82 Å². The van der Waals surface area contributed by atoms with Gasteiger partial charge < -0.3 is 9.64 Å². The lowest BCUT2D eigenvalue weighted by Crippen LogP contribution is -2.51. The third kappa shape index (κ3) is 2.57. The summed E-state index contributed by atoms with van der Waals surface area (Å²) in [5, 5.41) is 1.99. The normalized spacial score (nSPS) is 20.7.